The van der Waals surface area contributed by atoms with Crippen molar-refractivity contribution in [2.45, 2.75) is 14.7 Å². The van der Waals surface area contributed by atoms with Crippen molar-refractivity contribution >= 4 is 80.9 Å². The molecule has 6 aromatic rings. The molecule has 0 atom stereocenters. The van der Waals surface area contributed by atoms with Crippen molar-refractivity contribution in [3.8, 4) is 11.5 Å². The van der Waals surface area contributed by atoms with Crippen molar-refractivity contribution in [2.24, 2.45) is 0 Å². The minimum Gasteiger partial charge on any atom is -0.699 e. The number of nitrogen functional groups attached to an aromatic ring is 4. The van der Waals surface area contributed by atoms with Gasteiger partial charge in [-0.1, -0.05) is 36.4 Å². The molecule has 0 aliphatic heterocycles. The third kappa shape index (κ3) is 14.5. The summed E-state index contributed by atoms with van der Waals surface area (Å²) in [5.41, 5.74) is 31.6. The molecular weight excluding hydrogens is 788 g/mol. The number of nitrogens with two attached hydrogens (primary N) is 4. The molecule has 0 saturated heterocycles. The molecule has 0 unspecified atom stereocenters. The van der Waals surface area contributed by atoms with E-state index in [9.17, 15) is 34.9 Å². The van der Waals surface area contributed by atoms with Gasteiger partial charge in [0.2, 0.25) is 0 Å². The van der Waals surface area contributed by atoms with E-state index in [-0.39, 0.29) is 68.0 Å². The molecule has 0 radical (unpaired) electrons. The van der Waals surface area contributed by atoms with Crippen molar-refractivity contribution in [3.63, 3.8) is 0 Å². The summed E-state index contributed by atoms with van der Waals surface area (Å²) in [6.07, 6.45) is 0. The van der Waals surface area contributed by atoms with E-state index in [0.29, 0.717) is 22.7 Å². The fourth-order valence-corrected chi connectivity index (χ4v) is 6.08. The van der Waals surface area contributed by atoms with E-state index in [1.807, 2.05) is 18.2 Å². The number of rotatable bonds is 5. The molecule has 17 nitrogen and oxygen atoms in total. The smallest absolute Gasteiger partial charge is 0.699 e. The van der Waals surface area contributed by atoms with Crippen molar-refractivity contribution in [1.29, 1.82) is 0 Å². The van der Waals surface area contributed by atoms with Crippen LogP contribution in [0.15, 0.2) is 136 Å². The van der Waals surface area contributed by atoms with Gasteiger partial charge in [-0.3, -0.25) is 13.7 Å². The quantitative estimate of drug-likeness (QED) is 0.0679. The minimum atomic E-state index is -4.59. The fraction of sp³-hybridized carbons (Fsp3) is 0. The number of phenolic OH excluding ortho intramolecular Hbond substituents is 2. The molecule has 0 aliphatic rings. The van der Waals surface area contributed by atoms with Gasteiger partial charge in [0.25, 0.3) is 30.4 Å². The first-order chi connectivity index (χ1) is 25.0. The van der Waals surface area contributed by atoms with Crippen molar-refractivity contribution in [3.05, 3.63) is 127 Å². The molecule has 0 bridgehead atoms. The number of aromatic hydroxyl groups is 2. The van der Waals surface area contributed by atoms with E-state index in [0.717, 1.165) is 24.3 Å². The van der Waals surface area contributed by atoms with Crippen LogP contribution in [0.5, 0.6) is 11.5 Å². The Hall–Kier alpha value is -5.29. The first-order valence-corrected chi connectivity index (χ1v) is 19.2. The van der Waals surface area contributed by atoms with E-state index in [1.165, 1.54) is 24.3 Å². The van der Waals surface area contributed by atoms with E-state index in [1.54, 1.807) is 54.6 Å². The van der Waals surface area contributed by atoms with Crippen molar-refractivity contribution < 1.29 is 78.7 Å². The van der Waals surface area contributed by atoms with Crippen molar-refractivity contribution in [1.82, 2.24) is 0 Å². The Balaban J connectivity index is 0.000000275. The normalized spacial score (nSPS) is 10.9. The summed E-state index contributed by atoms with van der Waals surface area (Å²) in [4.78, 5) is -1.46. The molecule has 0 saturated carbocycles. The van der Waals surface area contributed by atoms with Gasteiger partial charge in [-0.15, -0.1) is 5.69 Å². The van der Waals surface area contributed by atoms with Crippen LogP contribution in [0.2, 0.25) is 0 Å². The van der Waals surface area contributed by atoms with Crippen LogP contribution in [-0.4, -0.2) is 49.1 Å². The van der Waals surface area contributed by atoms with Crippen LogP contribution in [0.1, 0.15) is 0 Å². The number of anilines is 6. The SMILES string of the molecule is Nc1cc(S(=O)(=O)O)cc2cc(S(=O)(=O)O)cc(O)c12.Nc1ccc(Nc2ccc(N)cc2S(=O)(=O)O)cc1.Nc1cccc(O)c1.[NH-]c1ccccc1.[Na+]. The maximum absolute atomic E-state index is 11.3. The third-order valence-electron chi connectivity index (χ3n) is 6.72. The molecule has 0 heterocycles. The van der Waals surface area contributed by atoms with E-state index in [4.69, 9.17) is 42.9 Å². The van der Waals surface area contributed by atoms with Gasteiger partial charge in [-0.05, 0) is 78.2 Å². The van der Waals surface area contributed by atoms with E-state index in [2.05, 4.69) is 5.32 Å². The predicted molar refractivity (Wildman–Crippen MR) is 207 cm³/mol. The number of phenols is 2. The molecule has 15 N–H and O–H groups in total. The Bertz CT molecular complexity index is 2490. The van der Waals surface area contributed by atoms with Gasteiger partial charge < -0.3 is 44.2 Å². The first-order valence-electron chi connectivity index (χ1n) is 14.9. The zero-order chi connectivity index (χ0) is 40.4. The average molecular weight is 823 g/mol. The second-order valence-electron chi connectivity index (χ2n) is 10.9. The molecule has 6 aromatic carbocycles. The van der Waals surface area contributed by atoms with Crippen molar-refractivity contribution in [2.75, 3.05) is 28.3 Å². The Labute approximate surface area is 338 Å². The predicted octanol–water partition coefficient (Wildman–Crippen LogP) is 2.81. The van der Waals surface area contributed by atoms with Crippen LogP contribution in [-0.2, 0) is 30.4 Å². The van der Waals surface area contributed by atoms with Crippen LogP contribution in [0.25, 0.3) is 16.5 Å². The largest absolute Gasteiger partial charge is 1.00 e. The van der Waals surface area contributed by atoms with Gasteiger partial charge in [-0.25, -0.2) is 0 Å². The first kappa shape index (κ1) is 45.9. The van der Waals surface area contributed by atoms with Crippen LogP contribution in [0.4, 0.5) is 39.8 Å². The summed E-state index contributed by atoms with van der Waals surface area (Å²) in [5.74, 6) is -0.334. The molecule has 0 fully saturated rings. The van der Waals surface area contributed by atoms with Crippen LogP contribution < -0.4 is 57.8 Å². The Morgan fingerprint density at radius 2 is 1.07 bits per heavy atom. The summed E-state index contributed by atoms with van der Waals surface area (Å²) >= 11 is 0. The van der Waals surface area contributed by atoms with Crippen LogP contribution in [0.3, 0.4) is 0 Å². The number of hydrogen-bond donors (Lipinski definition) is 10. The monoisotopic (exact) mass is 822 g/mol. The molecule has 0 aromatic heterocycles. The Morgan fingerprint density at radius 3 is 1.53 bits per heavy atom. The standard InChI is InChI=1S/C12H13N3O3S.C10H9NO7S2.C6H7NO.C6H6N.Na/c13-8-1-4-10(5-2-8)15-11-6-3-9(14)7-12(11)19(16,17)18;11-8-3-6(19(13,14)15)1-5-2-7(20(16,17)18)4-9(12)10(5)8;7-5-2-1-3-6(8)4-5;7-6-4-2-1-3-5-6;/h1-7,15H,13-14H2,(H,16,17,18);1-4,12H,11H2,(H,13,14,15)(H,16,17,18);1-4,8H,7H2;1-5,7H;/q;;;-1;+1. The summed E-state index contributed by atoms with van der Waals surface area (Å²) in [6, 6.07) is 30.1. The summed E-state index contributed by atoms with van der Waals surface area (Å²) < 4.78 is 93.9. The fourth-order valence-electron chi connectivity index (χ4n) is 4.31. The average Bonchev–Trinajstić information content (AvgIpc) is 3.06. The maximum atomic E-state index is 11.3. The number of hydrogen-bond acceptors (Lipinski definition) is 13. The van der Waals surface area contributed by atoms with Gasteiger partial charge in [0.05, 0.1) is 15.5 Å². The summed E-state index contributed by atoms with van der Waals surface area (Å²) in [6.45, 7) is 0. The van der Waals surface area contributed by atoms with Gasteiger partial charge in [0.1, 0.15) is 16.4 Å². The third-order valence-corrected chi connectivity index (χ3v) is 9.28. The Kier molecular flexibility index (Phi) is 16.1. The van der Waals surface area contributed by atoms with Gasteiger partial charge in [0, 0.05) is 46.0 Å². The maximum Gasteiger partial charge on any atom is 1.00 e. The van der Waals surface area contributed by atoms with E-state index < -0.39 is 45.9 Å². The molecule has 21 heteroatoms. The zero-order valence-electron chi connectivity index (χ0n) is 28.8. The number of nitrogens with one attached hydrogen (secondary N) is 2. The molecular formula is C34H35N6NaO11S3. The summed E-state index contributed by atoms with van der Waals surface area (Å²) in [7, 11) is -13.5. The Morgan fingerprint density at radius 1 is 0.545 bits per heavy atom. The molecule has 6 rings (SSSR count). The molecule has 55 heavy (non-hydrogen) atoms. The second-order valence-corrected chi connectivity index (χ2v) is 15.2. The minimum absolute atomic E-state index is 0. The van der Waals surface area contributed by atoms with Gasteiger partial charge >= 0.3 is 29.6 Å². The van der Waals surface area contributed by atoms with Crippen LogP contribution in [0, 0.1) is 0 Å². The molecule has 0 aliphatic carbocycles. The van der Waals surface area contributed by atoms with Gasteiger partial charge in [-0.2, -0.15) is 25.3 Å². The summed E-state index contributed by atoms with van der Waals surface area (Å²) in [5, 5.41) is 21.3. The molecule has 286 valence electrons. The molecule has 0 amide bonds. The van der Waals surface area contributed by atoms with E-state index >= 15 is 0 Å². The van der Waals surface area contributed by atoms with Gasteiger partial charge in [0.15, 0.2) is 0 Å². The topological polar surface area (TPSA) is 343 Å². The number of benzene rings is 6. The van der Waals surface area contributed by atoms with Crippen LogP contribution >= 0.6 is 0 Å². The molecule has 0 spiro atoms. The zero-order valence-corrected chi connectivity index (χ0v) is 33.2. The number of fused-ring (bicyclic) bond motifs is 1. The second kappa shape index (κ2) is 19.3.